The van der Waals surface area contributed by atoms with Gasteiger partial charge in [0.1, 0.15) is 42.5 Å². The number of likely N-dealkylation sites (tertiary alicyclic amines) is 2. The summed E-state index contributed by atoms with van der Waals surface area (Å²) in [5.41, 5.74) is 0. The molecule has 2 saturated heterocycles. The van der Waals surface area contributed by atoms with Crippen molar-refractivity contribution in [2.75, 3.05) is 33.2 Å². The van der Waals surface area contributed by atoms with Crippen molar-refractivity contribution in [1.82, 2.24) is 52.3 Å². The fourth-order valence-corrected chi connectivity index (χ4v) is 7.75. The summed E-state index contributed by atoms with van der Waals surface area (Å²) >= 11 is 0. The van der Waals surface area contributed by atoms with E-state index in [-0.39, 0.29) is 44.7 Å². The zero-order valence-electron chi connectivity index (χ0n) is 40.0. The Labute approximate surface area is 398 Å². The maximum Gasteiger partial charge on any atom is 0.308 e. The fourth-order valence-electron chi connectivity index (χ4n) is 7.75. The van der Waals surface area contributed by atoms with Crippen LogP contribution in [-0.4, -0.2) is 184 Å². The molecule has 0 aromatic carbocycles. The summed E-state index contributed by atoms with van der Waals surface area (Å²) in [4.78, 5) is 168. The number of carbonyl (C=O) groups excluding carboxylic acids is 10. The number of amides is 9. The minimum Gasteiger partial charge on any atom is -0.481 e. The van der Waals surface area contributed by atoms with Crippen LogP contribution in [-0.2, 0) is 62.3 Å². The predicted molar refractivity (Wildman–Crippen MR) is 240 cm³/mol. The third-order valence-corrected chi connectivity index (χ3v) is 11.5. The Kier molecular flexibility index (Phi) is 23.6. The van der Waals surface area contributed by atoms with E-state index in [0.717, 1.165) is 6.92 Å². The highest BCUT2D eigenvalue weighted by molar-refractivity contribution is 5.99. The third-order valence-electron chi connectivity index (χ3n) is 11.5. The standard InChI is InChI=1S/C43H68N10O16/c1-21(2)34(49-29(55)18-44-7)40(65)50-35(22(3)4)42(67)53-14-10-12-28(53)38(63)46-23(5)15-31(57)52-13-9-8-11-27(52)39(64)51-36(24(6)43(68)69)41(66)48-26(17-33(60)61)37(62)45-19-30(56)47-25(20-54)16-32(58)59/h20-28,34-36,44H,8-19H2,1-7H3,(H,45,62)(H,46,63)(H,47,56)(H,48,66)(H,49,55)(H,50,65)(H,51,64)(H,58,59)(H,60,61)(H,68,69). The van der Waals surface area contributed by atoms with Gasteiger partial charge in [0, 0.05) is 25.6 Å². The van der Waals surface area contributed by atoms with Gasteiger partial charge >= 0.3 is 17.9 Å². The van der Waals surface area contributed by atoms with Crippen LogP contribution in [0.2, 0.25) is 0 Å². The number of nitrogens with zero attached hydrogens (tertiary/aromatic N) is 2. The summed E-state index contributed by atoms with van der Waals surface area (Å²) in [5.74, 6) is -14.1. The van der Waals surface area contributed by atoms with E-state index in [9.17, 15) is 72.5 Å². The van der Waals surface area contributed by atoms with E-state index in [2.05, 4.69) is 31.9 Å². The Bertz CT molecular complexity index is 1930. The van der Waals surface area contributed by atoms with Crippen molar-refractivity contribution in [3.63, 3.8) is 0 Å². The van der Waals surface area contributed by atoms with Gasteiger partial charge < -0.3 is 72.4 Å². The molecule has 0 spiro atoms. The topological polar surface area (TPSA) is 385 Å². The highest BCUT2D eigenvalue weighted by Gasteiger charge is 2.42. The van der Waals surface area contributed by atoms with E-state index >= 15 is 0 Å². The number of carbonyl (C=O) groups is 13. The first-order chi connectivity index (χ1) is 32.3. The second-order valence-electron chi connectivity index (χ2n) is 17.8. The molecule has 9 atom stereocenters. The van der Waals surface area contributed by atoms with Gasteiger partial charge in [0.25, 0.3) is 0 Å². The highest BCUT2D eigenvalue weighted by Crippen LogP contribution is 2.23. The summed E-state index contributed by atoms with van der Waals surface area (Å²) in [6.45, 7) is 8.96. The average Bonchev–Trinajstić information content (AvgIpc) is 3.77. The predicted octanol–water partition coefficient (Wildman–Crippen LogP) is -3.81. The number of hydrogen-bond donors (Lipinski definition) is 11. The molecule has 2 fully saturated rings. The molecule has 0 bridgehead atoms. The van der Waals surface area contributed by atoms with Gasteiger partial charge in [-0.15, -0.1) is 0 Å². The third kappa shape index (κ3) is 18.4. The SMILES string of the molecule is CNCC(=O)NC(C(=O)NC(C(=O)N1CCCC1C(=O)NC(C)CC(=O)N1CCCCC1C(=O)NC(C(=O)NC(CC(=O)O)C(=O)NCC(=O)NC(C=O)CC(=O)O)C(C)C(=O)O)C(C)C)C(C)C. The average molecular weight is 981 g/mol. The molecule has 0 radical (unpaired) electrons. The maximum absolute atomic E-state index is 14.0. The Morgan fingerprint density at radius 2 is 1.13 bits per heavy atom. The van der Waals surface area contributed by atoms with Crippen molar-refractivity contribution in [3.05, 3.63) is 0 Å². The molecule has 0 aromatic rings. The molecule has 11 N–H and O–H groups in total. The van der Waals surface area contributed by atoms with E-state index in [1.54, 1.807) is 41.7 Å². The van der Waals surface area contributed by atoms with Gasteiger partial charge in [0.2, 0.25) is 53.2 Å². The van der Waals surface area contributed by atoms with Gasteiger partial charge in [-0.05, 0) is 64.8 Å². The summed E-state index contributed by atoms with van der Waals surface area (Å²) in [7, 11) is 1.58. The van der Waals surface area contributed by atoms with Crippen LogP contribution in [0.3, 0.4) is 0 Å². The zero-order chi connectivity index (χ0) is 52.3. The van der Waals surface area contributed by atoms with Gasteiger partial charge in [-0.3, -0.25) is 57.5 Å². The zero-order valence-corrected chi connectivity index (χ0v) is 40.0. The quantitative estimate of drug-likeness (QED) is 0.0352. The van der Waals surface area contributed by atoms with Crippen molar-refractivity contribution in [3.8, 4) is 0 Å². The largest absolute Gasteiger partial charge is 0.481 e. The smallest absolute Gasteiger partial charge is 0.308 e. The second kappa shape index (κ2) is 27.9. The summed E-state index contributed by atoms with van der Waals surface area (Å²) in [6, 6.07) is -10.3. The van der Waals surface area contributed by atoms with Crippen LogP contribution in [0, 0.1) is 17.8 Å². The lowest BCUT2D eigenvalue weighted by Crippen LogP contribution is -2.61. The monoisotopic (exact) mass is 980 g/mol. The van der Waals surface area contributed by atoms with Crippen molar-refractivity contribution in [1.29, 1.82) is 0 Å². The molecule has 2 heterocycles. The van der Waals surface area contributed by atoms with Crippen molar-refractivity contribution >= 4 is 77.4 Å². The van der Waals surface area contributed by atoms with Gasteiger partial charge in [-0.2, -0.15) is 0 Å². The molecule has 0 saturated carbocycles. The summed E-state index contributed by atoms with van der Waals surface area (Å²) < 4.78 is 0. The van der Waals surface area contributed by atoms with Crippen molar-refractivity contribution in [2.45, 2.75) is 141 Å². The first kappa shape index (κ1) is 58.4. The molecule has 9 unspecified atom stereocenters. The number of aliphatic carboxylic acids is 3. The van der Waals surface area contributed by atoms with Crippen molar-refractivity contribution in [2.24, 2.45) is 17.8 Å². The Hall–Kier alpha value is -6.73. The first-order valence-electron chi connectivity index (χ1n) is 22.8. The molecular weight excluding hydrogens is 913 g/mol. The van der Waals surface area contributed by atoms with E-state index in [0.29, 0.717) is 25.7 Å². The van der Waals surface area contributed by atoms with Crippen LogP contribution in [0.4, 0.5) is 0 Å². The van der Waals surface area contributed by atoms with Crippen LogP contribution in [0.15, 0.2) is 0 Å². The van der Waals surface area contributed by atoms with E-state index in [4.69, 9.17) is 5.11 Å². The van der Waals surface area contributed by atoms with Crippen LogP contribution in [0.25, 0.3) is 0 Å². The maximum atomic E-state index is 14.0. The molecular formula is C43H68N10O16. The lowest BCUT2D eigenvalue weighted by molar-refractivity contribution is -0.148. The van der Waals surface area contributed by atoms with Gasteiger partial charge in [0.15, 0.2) is 0 Å². The number of nitrogens with one attached hydrogen (secondary N) is 8. The van der Waals surface area contributed by atoms with Gasteiger partial charge in [0.05, 0.1) is 37.9 Å². The normalized spacial score (nSPS) is 18.7. The number of piperidine rings is 1. The second-order valence-corrected chi connectivity index (χ2v) is 17.8. The lowest BCUT2D eigenvalue weighted by Gasteiger charge is -2.36. The van der Waals surface area contributed by atoms with Crippen LogP contribution in [0.5, 0.6) is 0 Å². The number of carboxylic acid groups (broad SMARTS) is 3. The fraction of sp³-hybridized carbons (Fsp3) is 0.698. The van der Waals surface area contributed by atoms with Crippen LogP contribution < -0.4 is 42.5 Å². The first-order valence-corrected chi connectivity index (χ1v) is 22.8. The number of rotatable bonds is 27. The van der Waals surface area contributed by atoms with E-state index in [1.165, 1.54) is 9.80 Å². The Morgan fingerprint density at radius 3 is 1.70 bits per heavy atom. The van der Waals surface area contributed by atoms with Gasteiger partial charge in [-0.1, -0.05) is 27.7 Å². The van der Waals surface area contributed by atoms with Gasteiger partial charge in [-0.25, -0.2) is 0 Å². The molecule has 26 nitrogen and oxygen atoms in total. The van der Waals surface area contributed by atoms with E-state index < -0.39 is 151 Å². The summed E-state index contributed by atoms with van der Waals surface area (Å²) in [6.07, 6.45) is -0.227. The molecule has 9 amide bonds. The highest BCUT2D eigenvalue weighted by atomic mass is 16.4. The molecule has 26 heteroatoms. The van der Waals surface area contributed by atoms with E-state index in [1.807, 2.05) is 10.6 Å². The Balaban J connectivity index is 2.17. The number of aldehydes is 1. The molecule has 69 heavy (non-hydrogen) atoms. The lowest BCUT2D eigenvalue weighted by atomic mass is 9.97. The molecule has 2 aliphatic rings. The minimum atomic E-state index is -1.93. The molecule has 0 aromatic heterocycles. The number of carboxylic acids is 3. The number of hydrogen-bond acceptors (Lipinski definition) is 14. The summed E-state index contributed by atoms with van der Waals surface area (Å²) in [5, 5.41) is 47.6. The molecule has 2 rings (SSSR count). The van der Waals surface area contributed by atoms with Crippen LogP contribution >= 0.6 is 0 Å². The Morgan fingerprint density at radius 1 is 0.580 bits per heavy atom. The molecule has 0 aliphatic carbocycles. The van der Waals surface area contributed by atoms with Crippen molar-refractivity contribution < 1.29 is 77.6 Å². The molecule has 386 valence electrons. The molecule has 2 aliphatic heterocycles. The van der Waals surface area contributed by atoms with Crippen LogP contribution in [0.1, 0.15) is 92.9 Å². The number of likely N-dealkylation sites (N-methyl/N-ethyl adjacent to an activating group) is 1. The minimum absolute atomic E-state index is 0.0222.